The normalized spacial score (nSPS) is 25.8. The molecule has 8 rings (SSSR count). The number of aromatic hydroxyl groups is 1. The minimum atomic E-state index is -1.03. The summed E-state index contributed by atoms with van der Waals surface area (Å²) < 4.78 is 54.4. The standard InChI is InChI=1S/C35H34F2N4O4S/c1-2-26-29(37)7-5-23-16-25(42)18-28(31(23)26)22-4-6-27-30(17-22)38-33(44-21-34-8-3-11-41(34)20-24(36)19-34)39-32(27)40-12-9-35(10-13-40)45-14-15-46(35)43/h1,4-7,16-18,24,42H,3,8-15,19-21H2/t24-,34+,46?/m1/s1. The van der Waals surface area contributed by atoms with E-state index in [0.29, 0.717) is 84.5 Å². The summed E-state index contributed by atoms with van der Waals surface area (Å²) in [7, 11) is -1.03. The second-order valence-electron chi connectivity index (χ2n) is 12.9. The molecule has 11 heteroatoms. The van der Waals surface area contributed by atoms with Gasteiger partial charge in [-0.05, 0) is 66.2 Å². The minimum absolute atomic E-state index is 0.0291. The third-order valence-electron chi connectivity index (χ3n) is 10.3. The van der Waals surface area contributed by atoms with Crippen LogP contribution in [0.4, 0.5) is 14.6 Å². The van der Waals surface area contributed by atoms with Gasteiger partial charge in [0.1, 0.15) is 35.1 Å². The van der Waals surface area contributed by atoms with E-state index in [2.05, 4.69) is 15.7 Å². The van der Waals surface area contributed by atoms with Gasteiger partial charge < -0.3 is 19.5 Å². The molecular weight excluding hydrogens is 610 g/mol. The maximum Gasteiger partial charge on any atom is 0.319 e. The third-order valence-corrected chi connectivity index (χ3v) is 12.2. The molecule has 1 N–H and O–H groups in total. The van der Waals surface area contributed by atoms with Crippen molar-refractivity contribution in [3.8, 4) is 35.2 Å². The van der Waals surface area contributed by atoms with E-state index in [0.717, 1.165) is 24.8 Å². The number of nitrogens with zero attached hydrogens (tertiary/aromatic N) is 4. The van der Waals surface area contributed by atoms with E-state index in [4.69, 9.17) is 25.9 Å². The molecule has 1 aromatic heterocycles. The summed E-state index contributed by atoms with van der Waals surface area (Å²) in [5.41, 5.74) is 1.63. The molecule has 1 unspecified atom stereocenters. The van der Waals surface area contributed by atoms with Crippen molar-refractivity contribution in [2.24, 2.45) is 0 Å². The van der Waals surface area contributed by atoms with Crippen molar-refractivity contribution < 1.29 is 27.6 Å². The first-order valence-electron chi connectivity index (χ1n) is 15.8. The second kappa shape index (κ2) is 11.1. The number of ether oxygens (including phenoxy) is 2. The van der Waals surface area contributed by atoms with E-state index in [1.165, 1.54) is 6.07 Å². The lowest BCUT2D eigenvalue weighted by atomic mass is 9.93. The number of phenolic OH excluding ortho intramolecular Hbond substituents is 1. The highest BCUT2D eigenvalue weighted by molar-refractivity contribution is 7.86. The van der Waals surface area contributed by atoms with E-state index in [1.807, 2.05) is 18.2 Å². The Morgan fingerprint density at radius 3 is 2.76 bits per heavy atom. The van der Waals surface area contributed by atoms with Crippen LogP contribution in [0.15, 0.2) is 42.5 Å². The Labute approximate surface area is 268 Å². The molecule has 0 saturated carbocycles. The van der Waals surface area contributed by atoms with Gasteiger partial charge in [-0.15, -0.1) is 6.42 Å². The quantitative estimate of drug-likeness (QED) is 0.293. The van der Waals surface area contributed by atoms with Crippen molar-refractivity contribution in [2.75, 3.05) is 50.0 Å². The molecule has 46 heavy (non-hydrogen) atoms. The van der Waals surface area contributed by atoms with E-state index < -0.39 is 27.7 Å². The molecule has 4 aromatic rings. The molecule has 0 radical (unpaired) electrons. The number of halogens is 2. The maximum absolute atomic E-state index is 14.8. The molecule has 4 saturated heterocycles. The van der Waals surface area contributed by atoms with E-state index in [9.17, 15) is 18.1 Å². The first kappa shape index (κ1) is 29.5. The summed E-state index contributed by atoms with van der Waals surface area (Å²) >= 11 is 0. The highest BCUT2D eigenvalue weighted by atomic mass is 32.2. The molecule has 8 nitrogen and oxygen atoms in total. The number of aromatic nitrogens is 2. The lowest BCUT2D eigenvalue weighted by Gasteiger charge is -2.38. The van der Waals surface area contributed by atoms with Crippen molar-refractivity contribution in [1.82, 2.24) is 14.9 Å². The molecule has 4 fully saturated rings. The lowest BCUT2D eigenvalue weighted by molar-refractivity contribution is 0.0309. The monoisotopic (exact) mass is 644 g/mol. The van der Waals surface area contributed by atoms with Crippen LogP contribution in [-0.4, -0.2) is 86.0 Å². The van der Waals surface area contributed by atoms with Crippen LogP contribution in [0.25, 0.3) is 32.8 Å². The number of piperidine rings is 1. The Balaban J connectivity index is 1.22. The number of alkyl halides is 1. The number of fused-ring (bicyclic) bond motifs is 3. The Bertz CT molecular complexity index is 1940. The van der Waals surface area contributed by atoms with E-state index in [-0.39, 0.29) is 29.5 Å². The molecule has 0 aliphatic carbocycles. The fourth-order valence-corrected chi connectivity index (χ4v) is 9.45. The van der Waals surface area contributed by atoms with Crippen molar-refractivity contribution in [3.05, 3.63) is 53.8 Å². The summed E-state index contributed by atoms with van der Waals surface area (Å²) in [6.07, 6.45) is 8.40. The molecule has 4 aliphatic heterocycles. The summed E-state index contributed by atoms with van der Waals surface area (Å²) in [6.45, 7) is 3.28. The SMILES string of the molecule is C#Cc1c(F)ccc2cc(O)cc(-c3ccc4c(N5CCC6(CC5)OCCS6=O)nc(OC[C@@]56CCCN5C[C@H](F)C6)nc4c3)c12. The molecule has 3 atom stereocenters. The number of hydrogen-bond donors (Lipinski definition) is 1. The van der Waals surface area contributed by atoms with Crippen LogP contribution in [0.5, 0.6) is 11.8 Å². The fraction of sp³-hybridized carbons (Fsp3) is 0.429. The molecule has 238 valence electrons. The molecule has 0 amide bonds. The molecule has 0 bridgehead atoms. The first-order chi connectivity index (χ1) is 22.3. The van der Waals surface area contributed by atoms with Crippen LogP contribution >= 0.6 is 0 Å². The number of hydrogen-bond acceptors (Lipinski definition) is 8. The predicted octanol–water partition coefficient (Wildman–Crippen LogP) is 5.31. The Hall–Kier alpha value is -3.85. The molecule has 1 spiro atoms. The number of rotatable bonds is 5. The van der Waals surface area contributed by atoms with E-state index in [1.54, 1.807) is 18.2 Å². The van der Waals surface area contributed by atoms with Gasteiger partial charge in [0.05, 0.1) is 34.0 Å². The van der Waals surface area contributed by atoms with Gasteiger partial charge in [-0.1, -0.05) is 18.1 Å². The smallest absolute Gasteiger partial charge is 0.319 e. The zero-order chi connectivity index (χ0) is 31.6. The van der Waals surface area contributed by atoms with Crippen LogP contribution < -0.4 is 9.64 Å². The minimum Gasteiger partial charge on any atom is -0.508 e. The highest BCUT2D eigenvalue weighted by Crippen LogP contribution is 2.42. The van der Waals surface area contributed by atoms with Crippen molar-refractivity contribution >= 4 is 38.3 Å². The fourth-order valence-electron chi connectivity index (χ4n) is 7.99. The van der Waals surface area contributed by atoms with Gasteiger partial charge in [0.25, 0.3) is 0 Å². The highest BCUT2D eigenvalue weighted by Gasteiger charge is 2.49. The Kier molecular flexibility index (Phi) is 7.16. The number of terminal acetylenes is 1. The number of benzene rings is 3. The van der Waals surface area contributed by atoms with Crippen molar-refractivity contribution in [2.45, 2.75) is 48.7 Å². The van der Waals surface area contributed by atoms with Gasteiger partial charge in [0.2, 0.25) is 0 Å². The van der Waals surface area contributed by atoms with Crippen molar-refractivity contribution in [3.63, 3.8) is 0 Å². The molecular formula is C35H34F2N4O4S. The summed E-state index contributed by atoms with van der Waals surface area (Å²) in [5.74, 6) is 3.25. The van der Waals surface area contributed by atoms with Gasteiger partial charge >= 0.3 is 6.01 Å². The van der Waals surface area contributed by atoms with Gasteiger partial charge in [0, 0.05) is 55.4 Å². The van der Waals surface area contributed by atoms with Gasteiger partial charge in [-0.3, -0.25) is 9.11 Å². The Morgan fingerprint density at radius 2 is 1.98 bits per heavy atom. The largest absolute Gasteiger partial charge is 0.508 e. The van der Waals surface area contributed by atoms with Crippen LogP contribution in [-0.2, 0) is 15.5 Å². The van der Waals surface area contributed by atoms with E-state index >= 15 is 0 Å². The topological polar surface area (TPSA) is 88.0 Å². The average Bonchev–Trinajstić information content (AvgIpc) is 3.70. The molecule has 5 heterocycles. The first-order valence-corrected chi connectivity index (χ1v) is 17.1. The molecule has 3 aromatic carbocycles. The van der Waals surface area contributed by atoms with Gasteiger partial charge in [0.15, 0.2) is 0 Å². The summed E-state index contributed by atoms with van der Waals surface area (Å²) in [4.78, 5) is 13.5. The predicted molar refractivity (Wildman–Crippen MR) is 174 cm³/mol. The maximum atomic E-state index is 14.8. The number of anilines is 1. The Morgan fingerprint density at radius 1 is 1.13 bits per heavy atom. The zero-order valence-corrected chi connectivity index (χ0v) is 26.1. The summed E-state index contributed by atoms with van der Waals surface area (Å²) in [6, 6.07) is 11.9. The number of phenols is 1. The second-order valence-corrected chi connectivity index (χ2v) is 14.7. The zero-order valence-electron chi connectivity index (χ0n) is 25.3. The van der Waals surface area contributed by atoms with Crippen LogP contribution in [0.1, 0.15) is 37.7 Å². The van der Waals surface area contributed by atoms with Crippen LogP contribution in [0.2, 0.25) is 0 Å². The van der Waals surface area contributed by atoms with Crippen LogP contribution in [0.3, 0.4) is 0 Å². The van der Waals surface area contributed by atoms with Crippen LogP contribution in [0, 0.1) is 18.2 Å². The van der Waals surface area contributed by atoms with Gasteiger partial charge in [-0.25, -0.2) is 8.78 Å². The lowest BCUT2D eigenvalue weighted by Crippen LogP contribution is -2.46. The van der Waals surface area contributed by atoms with Crippen molar-refractivity contribution in [1.29, 1.82) is 0 Å². The molecule has 4 aliphatic rings. The van der Waals surface area contributed by atoms with Gasteiger partial charge in [-0.2, -0.15) is 9.97 Å². The summed E-state index contributed by atoms with van der Waals surface area (Å²) in [5, 5.41) is 12.5. The third kappa shape index (κ3) is 4.81. The average molecular weight is 645 g/mol.